The van der Waals surface area contributed by atoms with Gasteiger partial charge < -0.3 is 5.32 Å². The van der Waals surface area contributed by atoms with Crippen molar-refractivity contribution in [1.29, 1.82) is 0 Å². The van der Waals surface area contributed by atoms with Crippen molar-refractivity contribution in [2.24, 2.45) is 5.92 Å². The van der Waals surface area contributed by atoms with Crippen LogP contribution in [-0.4, -0.2) is 16.4 Å². The Hall–Kier alpha value is -0.900. The summed E-state index contributed by atoms with van der Waals surface area (Å²) in [6, 6.07) is 4.01. The Morgan fingerprint density at radius 2 is 2.29 bits per heavy atom. The molecule has 1 aliphatic heterocycles. The lowest BCUT2D eigenvalue weighted by Gasteiger charge is -2.33. The summed E-state index contributed by atoms with van der Waals surface area (Å²) in [5.41, 5.74) is 0.918. The highest BCUT2D eigenvalue weighted by Gasteiger charge is 2.40. The minimum absolute atomic E-state index is 0.113. The first-order valence-electron chi connectivity index (χ1n) is 5.93. The van der Waals surface area contributed by atoms with E-state index in [1.54, 1.807) is 6.20 Å². The van der Waals surface area contributed by atoms with E-state index in [1.165, 1.54) is 0 Å². The summed E-state index contributed by atoms with van der Waals surface area (Å²) >= 11 is 3.38. The Morgan fingerprint density at radius 1 is 1.53 bits per heavy atom. The third kappa shape index (κ3) is 2.68. The minimum Gasteiger partial charge on any atom is -0.350 e. The quantitative estimate of drug-likeness (QED) is 0.932. The number of amides is 1. The molecule has 1 unspecified atom stereocenters. The molecule has 1 fully saturated rings. The maximum atomic E-state index is 11.5. The number of aromatic nitrogens is 1. The van der Waals surface area contributed by atoms with Gasteiger partial charge in [-0.25, -0.2) is 0 Å². The van der Waals surface area contributed by atoms with Gasteiger partial charge in [0.2, 0.25) is 5.91 Å². The van der Waals surface area contributed by atoms with Gasteiger partial charge in [-0.1, -0.05) is 13.8 Å². The van der Waals surface area contributed by atoms with Crippen LogP contribution in [0.2, 0.25) is 0 Å². The fraction of sp³-hybridized carbons (Fsp3) is 0.538. The standard InChI is InChI=1S/C13H17BrN2O/c1-9(2)13(6-5-12(17)16-13)7-11-4-3-10(14)8-15-11/h3-4,8-9H,5-7H2,1-2H3,(H,16,17). The van der Waals surface area contributed by atoms with Gasteiger partial charge in [0.1, 0.15) is 0 Å². The van der Waals surface area contributed by atoms with Gasteiger partial charge in [-0.2, -0.15) is 0 Å². The summed E-state index contributed by atoms with van der Waals surface area (Å²) in [4.78, 5) is 15.9. The molecule has 1 amide bonds. The van der Waals surface area contributed by atoms with Gasteiger partial charge >= 0.3 is 0 Å². The Balaban J connectivity index is 2.19. The lowest BCUT2D eigenvalue weighted by molar-refractivity contribution is -0.120. The second-order valence-electron chi connectivity index (χ2n) is 5.00. The number of hydrogen-bond donors (Lipinski definition) is 1. The predicted octanol–water partition coefficient (Wildman–Crippen LogP) is 2.69. The molecule has 0 aromatic carbocycles. The molecule has 17 heavy (non-hydrogen) atoms. The van der Waals surface area contributed by atoms with Crippen molar-refractivity contribution in [3.8, 4) is 0 Å². The molecule has 0 spiro atoms. The first kappa shape index (κ1) is 12.6. The summed E-state index contributed by atoms with van der Waals surface area (Å²) < 4.78 is 0.982. The first-order valence-corrected chi connectivity index (χ1v) is 6.72. The van der Waals surface area contributed by atoms with Crippen molar-refractivity contribution in [3.05, 3.63) is 28.5 Å². The molecule has 0 bridgehead atoms. The number of nitrogens with one attached hydrogen (secondary N) is 1. The number of nitrogens with zero attached hydrogens (tertiary/aromatic N) is 1. The topological polar surface area (TPSA) is 42.0 Å². The third-order valence-electron chi connectivity index (χ3n) is 3.58. The summed E-state index contributed by atoms with van der Waals surface area (Å²) in [5, 5.41) is 3.14. The average molecular weight is 297 g/mol. The normalized spacial score (nSPS) is 24.1. The number of hydrogen-bond acceptors (Lipinski definition) is 2. The number of carbonyl (C=O) groups excluding carboxylic acids is 1. The van der Waals surface area contributed by atoms with Crippen LogP contribution in [0.3, 0.4) is 0 Å². The zero-order chi connectivity index (χ0) is 12.5. The van der Waals surface area contributed by atoms with E-state index in [2.05, 4.69) is 40.1 Å². The van der Waals surface area contributed by atoms with Crippen molar-refractivity contribution in [2.75, 3.05) is 0 Å². The molecule has 0 saturated carbocycles. The number of pyridine rings is 1. The summed E-state index contributed by atoms with van der Waals surface area (Å²) in [6.45, 7) is 4.31. The van der Waals surface area contributed by atoms with Crippen LogP contribution in [0.25, 0.3) is 0 Å². The Morgan fingerprint density at radius 3 is 2.76 bits per heavy atom. The maximum Gasteiger partial charge on any atom is 0.220 e. The largest absolute Gasteiger partial charge is 0.350 e. The second-order valence-corrected chi connectivity index (χ2v) is 5.92. The highest BCUT2D eigenvalue weighted by Crippen LogP contribution is 2.31. The molecule has 2 rings (SSSR count). The van der Waals surface area contributed by atoms with Crippen molar-refractivity contribution >= 4 is 21.8 Å². The van der Waals surface area contributed by atoms with E-state index in [9.17, 15) is 4.79 Å². The zero-order valence-corrected chi connectivity index (χ0v) is 11.8. The predicted molar refractivity (Wildman–Crippen MR) is 70.6 cm³/mol. The van der Waals surface area contributed by atoms with Crippen molar-refractivity contribution in [1.82, 2.24) is 10.3 Å². The van der Waals surface area contributed by atoms with Crippen LogP contribution in [0.1, 0.15) is 32.4 Å². The molecule has 1 aromatic rings. The van der Waals surface area contributed by atoms with E-state index in [0.29, 0.717) is 12.3 Å². The molecule has 1 saturated heterocycles. The molecule has 1 N–H and O–H groups in total. The Bertz CT molecular complexity index is 416. The van der Waals surface area contributed by atoms with Crippen LogP contribution in [0.15, 0.2) is 22.8 Å². The number of rotatable bonds is 3. The fourth-order valence-corrected chi connectivity index (χ4v) is 2.58. The van der Waals surface area contributed by atoms with Gasteiger partial charge in [0.05, 0.1) is 0 Å². The average Bonchev–Trinajstić information content (AvgIpc) is 2.65. The van der Waals surface area contributed by atoms with Crippen molar-refractivity contribution in [2.45, 2.75) is 38.6 Å². The van der Waals surface area contributed by atoms with Gasteiger partial charge in [0, 0.05) is 34.7 Å². The van der Waals surface area contributed by atoms with Crippen molar-refractivity contribution < 1.29 is 4.79 Å². The van der Waals surface area contributed by atoms with Crippen LogP contribution >= 0.6 is 15.9 Å². The van der Waals surface area contributed by atoms with E-state index in [-0.39, 0.29) is 11.4 Å². The fourth-order valence-electron chi connectivity index (χ4n) is 2.34. The highest BCUT2D eigenvalue weighted by molar-refractivity contribution is 9.10. The van der Waals surface area contributed by atoms with Gasteiger partial charge in [-0.15, -0.1) is 0 Å². The zero-order valence-electron chi connectivity index (χ0n) is 10.2. The molecule has 92 valence electrons. The summed E-state index contributed by atoms with van der Waals surface area (Å²) in [6.07, 6.45) is 4.15. The molecular formula is C13H17BrN2O. The van der Waals surface area contributed by atoms with E-state index in [0.717, 1.165) is 23.0 Å². The van der Waals surface area contributed by atoms with Crippen LogP contribution in [0.5, 0.6) is 0 Å². The summed E-state index contributed by atoms with van der Waals surface area (Å²) in [7, 11) is 0. The lowest BCUT2D eigenvalue weighted by atomic mass is 9.81. The lowest BCUT2D eigenvalue weighted by Crippen LogP contribution is -2.48. The first-order chi connectivity index (χ1) is 8.02. The van der Waals surface area contributed by atoms with Crippen LogP contribution < -0.4 is 5.32 Å². The molecule has 0 aliphatic carbocycles. The molecule has 1 atom stereocenters. The van der Waals surface area contributed by atoms with Gasteiger partial charge in [0.15, 0.2) is 0 Å². The molecule has 0 radical (unpaired) electrons. The number of carbonyl (C=O) groups is 1. The Kier molecular flexibility index (Phi) is 3.52. The second kappa shape index (κ2) is 4.77. The van der Waals surface area contributed by atoms with E-state index in [4.69, 9.17) is 0 Å². The molecular weight excluding hydrogens is 280 g/mol. The summed E-state index contributed by atoms with van der Waals surface area (Å²) in [5.74, 6) is 0.579. The van der Waals surface area contributed by atoms with Crippen LogP contribution in [0.4, 0.5) is 0 Å². The smallest absolute Gasteiger partial charge is 0.220 e. The van der Waals surface area contributed by atoms with Gasteiger partial charge in [-0.05, 0) is 40.4 Å². The molecule has 4 heteroatoms. The highest BCUT2D eigenvalue weighted by atomic mass is 79.9. The van der Waals surface area contributed by atoms with Gasteiger partial charge in [0.25, 0.3) is 0 Å². The molecule has 1 aliphatic rings. The molecule has 3 nitrogen and oxygen atoms in total. The third-order valence-corrected chi connectivity index (χ3v) is 4.05. The number of halogens is 1. The van der Waals surface area contributed by atoms with Crippen LogP contribution in [-0.2, 0) is 11.2 Å². The van der Waals surface area contributed by atoms with E-state index in [1.807, 2.05) is 12.1 Å². The monoisotopic (exact) mass is 296 g/mol. The van der Waals surface area contributed by atoms with Crippen molar-refractivity contribution in [3.63, 3.8) is 0 Å². The van der Waals surface area contributed by atoms with E-state index >= 15 is 0 Å². The molecule has 1 aromatic heterocycles. The maximum absolute atomic E-state index is 11.5. The van der Waals surface area contributed by atoms with E-state index < -0.39 is 0 Å². The van der Waals surface area contributed by atoms with Crippen LogP contribution in [0, 0.1) is 5.92 Å². The Labute approximate surface area is 110 Å². The van der Waals surface area contributed by atoms with Gasteiger partial charge in [-0.3, -0.25) is 9.78 Å². The molecule has 2 heterocycles. The SMILES string of the molecule is CC(C)C1(Cc2ccc(Br)cn2)CCC(=O)N1. The minimum atomic E-state index is -0.113.